The van der Waals surface area contributed by atoms with Crippen molar-refractivity contribution in [3.8, 4) is 0 Å². The predicted molar refractivity (Wildman–Crippen MR) is 72.2 cm³/mol. The van der Waals surface area contributed by atoms with Crippen molar-refractivity contribution >= 4 is 22.8 Å². The maximum Gasteiger partial charge on any atom is 0.352 e. The number of para-hydroxylation sites is 1. The van der Waals surface area contributed by atoms with Crippen molar-refractivity contribution in [2.75, 3.05) is 0 Å². The average Bonchev–Trinajstić information content (AvgIpc) is 2.67. The summed E-state index contributed by atoms with van der Waals surface area (Å²) in [5.74, 6) is -1.23. The lowest BCUT2D eigenvalue weighted by atomic mass is 10.2. The third-order valence-electron chi connectivity index (χ3n) is 2.78. The summed E-state index contributed by atoms with van der Waals surface area (Å²) in [5.41, 5.74) is 0.874. The van der Waals surface area contributed by atoms with E-state index in [2.05, 4.69) is 5.32 Å². The van der Waals surface area contributed by atoms with Gasteiger partial charge in [0.1, 0.15) is 12.2 Å². The smallest absolute Gasteiger partial charge is 0.352 e. The van der Waals surface area contributed by atoms with Gasteiger partial charge in [-0.3, -0.25) is 4.79 Å². The third kappa shape index (κ3) is 2.76. The molecule has 1 amide bonds. The number of nitrogens with one attached hydrogen (secondary N) is 1. The fourth-order valence-electron chi connectivity index (χ4n) is 2.07. The van der Waals surface area contributed by atoms with Crippen molar-refractivity contribution in [2.24, 2.45) is 0 Å². The molecule has 1 aromatic heterocycles. The highest BCUT2D eigenvalue weighted by molar-refractivity contribution is 5.95. The van der Waals surface area contributed by atoms with Gasteiger partial charge in [-0.2, -0.15) is 0 Å². The number of carbonyl (C=O) groups is 2. The predicted octanol–water partition coefficient (Wildman–Crippen LogP) is 1.86. The summed E-state index contributed by atoms with van der Waals surface area (Å²) in [6.07, 6.45) is 0. The molecule has 0 radical (unpaired) electrons. The van der Waals surface area contributed by atoms with Gasteiger partial charge in [0.15, 0.2) is 0 Å². The number of carboxylic acid groups (broad SMARTS) is 1. The first-order chi connectivity index (χ1) is 8.99. The fraction of sp³-hybridized carbons (Fsp3) is 0.286. The molecular formula is C14H16N2O3. The summed E-state index contributed by atoms with van der Waals surface area (Å²) in [5, 5.41) is 12.8. The Labute approximate surface area is 110 Å². The van der Waals surface area contributed by atoms with Crippen molar-refractivity contribution < 1.29 is 14.7 Å². The summed E-state index contributed by atoms with van der Waals surface area (Å²) >= 11 is 0. The zero-order chi connectivity index (χ0) is 14.0. The molecule has 5 heteroatoms. The van der Waals surface area contributed by atoms with E-state index in [1.165, 1.54) is 4.57 Å². The van der Waals surface area contributed by atoms with E-state index in [0.717, 1.165) is 10.9 Å². The van der Waals surface area contributed by atoms with Crippen LogP contribution in [0.2, 0.25) is 0 Å². The first-order valence-electron chi connectivity index (χ1n) is 6.10. The summed E-state index contributed by atoms with van der Waals surface area (Å²) < 4.78 is 1.52. The quantitative estimate of drug-likeness (QED) is 0.881. The summed E-state index contributed by atoms with van der Waals surface area (Å²) in [7, 11) is 0. The molecule has 19 heavy (non-hydrogen) atoms. The molecule has 0 saturated heterocycles. The van der Waals surface area contributed by atoms with Gasteiger partial charge >= 0.3 is 5.97 Å². The van der Waals surface area contributed by atoms with Crippen LogP contribution in [0.4, 0.5) is 0 Å². The molecule has 100 valence electrons. The Morgan fingerprint density at radius 2 is 2.00 bits per heavy atom. The average molecular weight is 260 g/mol. The van der Waals surface area contributed by atoms with Gasteiger partial charge < -0.3 is 15.0 Å². The van der Waals surface area contributed by atoms with Crippen molar-refractivity contribution in [3.63, 3.8) is 0 Å². The molecule has 0 bridgehead atoms. The van der Waals surface area contributed by atoms with E-state index in [1.807, 2.05) is 38.1 Å². The van der Waals surface area contributed by atoms with Crippen LogP contribution in [-0.2, 0) is 11.3 Å². The minimum atomic E-state index is -1.03. The highest BCUT2D eigenvalue weighted by Crippen LogP contribution is 2.19. The monoisotopic (exact) mass is 260 g/mol. The minimum absolute atomic E-state index is 0.00727. The van der Waals surface area contributed by atoms with E-state index < -0.39 is 5.97 Å². The Hall–Kier alpha value is -2.30. The molecule has 0 fully saturated rings. The van der Waals surface area contributed by atoms with Gasteiger partial charge in [-0.05, 0) is 26.0 Å². The lowest BCUT2D eigenvalue weighted by Gasteiger charge is -2.11. The van der Waals surface area contributed by atoms with Gasteiger partial charge in [-0.1, -0.05) is 18.2 Å². The SMILES string of the molecule is CC(C)NC(=O)Cn1c(C(=O)O)cc2ccccc21. The molecule has 0 aliphatic rings. The highest BCUT2D eigenvalue weighted by atomic mass is 16.4. The largest absolute Gasteiger partial charge is 0.477 e. The Balaban J connectivity index is 2.42. The normalized spacial score (nSPS) is 10.9. The Bertz CT molecular complexity index is 629. The van der Waals surface area contributed by atoms with Crippen molar-refractivity contribution in [1.82, 2.24) is 9.88 Å². The van der Waals surface area contributed by atoms with Crippen LogP contribution in [0.1, 0.15) is 24.3 Å². The van der Waals surface area contributed by atoms with Crippen LogP contribution in [0.25, 0.3) is 10.9 Å². The molecule has 2 rings (SSSR count). The molecule has 1 aromatic carbocycles. The number of aromatic nitrogens is 1. The second kappa shape index (κ2) is 5.14. The summed E-state index contributed by atoms with van der Waals surface area (Å²) in [6, 6.07) is 8.92. The van der Waals surface area contributed by atoms with E-state index in [1.54, 1.807) is 6.07 Å². The van der Waals surface area contributed by atoms with Crippen LogP contribution in [0.5, 0.6) is 0 Å². The van der Waals surface area contributed by atoms with Crippen LogP contribution < -0.4 is 5.32 Å². The zero-order valence-electron chi connectivity index (χ0n) is 10.9. The van der Waals surface area contributed by atoms with Crippen LogP contribution in [0.3, 0.4) is 0 Å². The molecule has 0 saturated carbocycles. The number of amides is 1. The molecule has 0 spiro atoms. The molecule has 0 aliphatic carbocycles. The number of carboxylic acids is 1. The Kier molecular flexibility index (Phi) is 3.55. The standard InChI is InChI=1S/C14H16N2O3/c1-9(2)15-13(17)8-16-11-6-4-3-5-10(11)7-12(16)14(18)19/h3-7,9H,8H2,1-2H3,(H,15,17)(H,18,19). The van der Waals surface area contributed by atoms with Crippen LogP contribution >= 0.6 is 0 Å². The Morgan fingerprint density at radius 1 is 1.32 bits per heavy atom. The number of carbonyl (C=O) groups excluding carboxylic acids is 1. The van der Waals surface area contributed by atoms with Crippen LogP contribution in [0, 0.1) is 0 Å². The summed E-state index contributed by atoms with van der Waals surface area (Å²) in [6.45, 7) is 3.74. The molecule has 0 aliphatic heterocycles. The van der Waals surface area contributed by atoms with E-state index >= 15 is 0 Å². The number of aromatic carboxylic acids is 1. The van der Waals surface area contributed by atoms with E-state index in [-0.39, 0.29) is 24.2 Å². The molecule has 2 aromatic rings. The maximum atomic E-state index is 11.8. The fourth-order valence-corrected chi connectivity index (χ4v) is 2.07. The van der Waals surface area contributed by atoms with Gasteiger partial charge in [-0.25, -0.2) is 4.79 Å². The number of hydrogen-bond donors (Lipinski definition) is 2. The first kappa shape index (κ1) is 13.1. The van der Waals surface area contributed by atoms with Crippen molar-refractivity contribution in [2.45, 2.75) is 26.4 Å². The zero-order valence-corrected chi connectivity index (χ0v) is 10.9. The summed E-state index contributed by atoms with van der Waals surface area (Å²) in [4.78, 5) is 23.1. The molecule has 0 unspecified atom stereocenters. The molecule has 1 heterocycles. The second-order valence-electron chi connectivity index (χ2n) is 4.70. The van der Waals surface area contributed by atoms with Gasteiger partial charge in [0.05, 0.1) is 0 Å². The van der Waals surface area contributed by atoms with E-state index in [4.69, 9.17) is 0 Å². The van der Waals surface area contributed by atoms with E-state index in [9.17, 15) is 14.7 Å². The number of benzene rings is 1. The van der Waals surface area contributed by atoms with Gasteiger partial charge in [0, 0.05) is 16.9 Å². The van der Waals surface area contributed by atoms with Crippen LogP contribution in [0.15, 0.2) is 30.3 Å². The number of fused-ring (bicyclic) bond motifs is 1. The van der Waals surface area contributed by atoms with Crippen molar-refractivity contribution in [3.05, 3.63) is 36.0 Å². The third-order valence-corrected chi connectivity index (χ3v) is 2.78. The topological polar surface area (TPSA) is 71.3 Å². The molecule has 2 N–H and O–H groups in total. The lowest BCUT2D eigenvalue weighted by molar-refractivity contribution is -0.122. The molecular weight excluding hydrogens is 244 g/mol. The minimum Gasteiger partial charge on any atom is -0.477 e. The second-order valence-corrected chi connectivity index (χ2v) is 4.70. The van der Waals surface area contributed by atoms with E-state index in [0.29, 0.717) is 0 Å². The lowest BCUT2D eigenvalue weighted by Crippen LogP contribution is -2.33. The number of rotatable bonds is 4. The Morgan fingerprint density at radius 3 is 2.63 bits per heavy atom. The van der Waals surface area contributed by atoms with Gasteiger partial charge in [0.25, 0.3) is 0 Å². The van der Waals surface area contributed by atoms with Crippen molar-refractivity contribution in [1.29, 1.82) is 0 Å². The molecule has 0 atom stereocenters. The number of nitrogens with zero attached hydrogens (tertiary/aromatic N) is 1. The number of hydrogen-bond acceptors (Lipinski definition) is 2. The highest BCUT2D eigenvalue weighted by Gasteiger charge is 2.16. The first-order valence-corrected chi connectivity index (χ1v) is 6.10. The molecule has 5 nitrogen and oxygen atoms in total. The van der Waals surface area contributed by atoms with Gasteiger partial charge in [0.2, 0.25) is 5.91 Å². The maximum absolute atomic E-state index is 11.8. The van der Waals surface area contributed by atoms with Gasteiger partial charge in [-0.15, -0.1) is 0 Å². The van der Waals surface area contributed by atoms with Crippen LogP contribution in [-0.4, -0.2) is 27.6 Å².